The van der Waals surface area contributed by atoms with Crippen LogP contribution in [0.25, 0.3) is 10.9 Å². The zero-order valence-electron chi connectivity index (χ0n) is 16.3. The van der Waals surface area contributed by atoms with Gasteiger partial charge in [-0.2, -0.15) is 0 Å². The molecule has 5 nitrogen and oxygen atoms in total. The number of benzene rings is 2. The minimum atomic E-state index is -0.941. The third-order valence-electron chi connectivity index (χ3n) is 4.36. The first kappa shape index (κ1) is 21.0. The zero-order chi connectivity index (χ0) is 20.8. The van der Waals surface area contributed by atoms with Gasteiger partial charge in [0.2, 0.25) is 5.91 Å². The van der Waals surface area contributed by atoms with E-state index in [4.69, 9.17) is 0 Å². The minimum absolute atomic E-state index is 0.00956. The number of halogens is 2. The molecule has 0 bridgehead atoms. The van der Waals surface area contributed by atoms with Gasteiger partial charge in [0.05, 0.1) is 11.3 Å². The van der Waals surface area contributed by atoms with Crippen molar-refractivity contribution in [2.24, 2.45) is 0 Å². The van der Waals surface area contributed by atoms with Crippen molar-refractivity contribution in [1.29, 1.82) is 0 Å². The van der Waals surface area contributed by atoms with E-state index in [-0.39, 0.29) is 11.7 Å². The van der Waals surface area contributed by atoms with Gasteiger partial charge in [0.1, 0.15) is 5.82 Å². The number of aromatic nitrogens is 2. The van der Waals surface area contributed by atoms with Crippen LogP contribution in [0, 0.1) is 11.6 Å². The van der Waals surface area contributed by atoms with Crippen LogP contribution in [0.4, 0.5) is 20.3 Å². The maximum atomic E-state index is 13.6. The molecule has 3 rings (SSSR count). The Kier molecular flexibility index (Phi) is 6.98. The van der Waals surface area contributed by atoms with Crippen LogP contribution in [0.1, 0.15) is 19.8 Å². The quantitative estimate of drug-likeness (QED) is 0.414. The molecule has 152 valence electrons. The number of carbonyl (C=O) groups excluding carboxylic acids is 1. The number of amides is 1. The number of para-hydroxylation sites is 1. The fraction of sp³-hybridized carbons (Fsp3) is 0.286. The Morgan fingerprint density at radius 3 is 2.69 bits per heavy atom. The highest BCUT2D eigenvalue weighted by Gasteiger charge is 2.13. The molecule has 0 aliphatic carbocycles. The molecule has 0 aliphatic heterocycles. The predicted molar refractivity (Wildman–Crippen MR) is 112 cm³/mol. The van der Waals surface area contributed by atoms with Crippen molar-refractivity contribution in [3.05, 3.63) is 54.1 Å². The third-order valence-corrected chi connectivity index (χ3v) is 5.19. The molecule has 0 spiro atoms. The SMILES string of the molecule is CCCCN(C)C(=O)CSc1nc(Nc2ccc(F)c(F)c2)c2ccccc2n1. The second kappa shape index (κ2) is 9.65. The van der Waals surface area contributed by atoms with Crippen molar-refractivity contribution in [3.63, 3.8) is 0 Å². The molecule has 1 N–H and O–H groups in total. The molecule has 0 atom stereocenters. The van der Waals surface area contributed by atoms with Crippen molar-refractivity contribution in [3.8, 4) is 0 Å². The van der Waals surface area contributed by atoms with Gasteiger partial charge in [-0.05, 0) is 30.7 Å². The van der Waals surface area contributed by atoms with Crippen LogP contribution in [-0.2, 0) is 4.79 Å². The van der Waals surface area contributed by atoms with E-state index in [0.29, 0.717) is 22.2 Å². The van der Waals surface area contributed by atoms with Gasteiger partial charge in [-0.1, -0.05) is 37.2 Å². The number of unbranched alkanes of at least 4 members (excludes halogenated alkanes) is 1. The van der Waals surface area contributed by atoms with E-state index >= 15 is 0 Å². The molecule has 2 aromatic carbocycles. The fourth-order valence-electron chi connectivity index (χ4n) is 2.68. The lowest BCUT2D eigenvalue weighted by Crippen LogP contribution is -2.29. The summed E-state index contributed by atoms with van der Waals surface area (Å²) in [6, 6.07) is 11.0. The lowest BCUT2D eigenvalue weighted by molar-refractivity contribution is -0.127. The topological polar surface area (TPSA) is 58.1 Å². The Morgan fingerprint density at radius 1 is 1.14 bits per heavy atom. The summed E-state index contributed by atoms with van der Waals surface area (Å²) < 4.78 is 26.8. The van der Waals surface area contributed by atoms with Gasteiger partial charge in [0.15, 0.2) is 16.8 Å². The third kappa shape index (κ3) is 5.41. The first-order chi connectivity index (χ1) is 14.0. The lowest BCUT2D eigenvalue weighted by Gasteiger charge is -2.16. The highest BCUT2D eigenvalue weighted by Crippen LogP contribution is 2.27. The van der Waals surface area contributed by atoms with Crippen LogP contribution in [0.15, 0.2) is 47.6 Å². The predicted octanol–water partition coefficient (Wildman–Crippen LogP) is 5.00. The Bertz CT molecular complexity index is 1020. The van der Waals surface area contributed by atoms with Crippen molar-refractivity contribution in [2.45, 2.75) is 24.9 Å². The Labute approximate surface area is 172 Å². The molecule has 0 unspecified atom stereocenters. The van der Waals surface area contributed by atoms with Crippen LogP contribution in [0.2, 0.25) is 0 Å². The first-order valence-corrected chi connectivity index (χ1v) is 10.3. The lowest BCUT2D eigenvalue weighted by atomic mass is 10.2. The summed E-state index contributed by atoms with van der Waals surface area (Å²) in [5.41, 5.74) is 1.07. The average molecular weight is 416 g/mol. The van der Waals surface area contributed by atoms with Crippen molar-refractivity contribution in [2.75, 3.05) is 24.7 Å². The second-order valence-corrected chi connectivity index (χ2v) is 7.53. The largest absolute Gasteiger partial charge is 0.345 e. The number of hydrogen-bond acceptors (Lipinski definition) is 5. The van der Waals surface area contributed by atoms with Gasteiger partial charge < -0.3 is 10.2 Å². The fourth-order valence-corrected chi connectivity index (χ4v) is 3.47. The number of nitrogens with zero attached hydrogens (tertiary/aromatic N) is 3. The second-order valence-electron chi connectivity index (χ2n) is 6.58. The molecule has 0 fully saturated rings. The molecular formula is C21H22F2N4OS. The number of carbonyl (C=O) groups is 1. The van der Waals surface area contributed by atoms with Gasteiger partial charge in [0, 0.05) is 30.7 Å². The summed E-state index contributed by atoms with van der Waals surface area (Å²) in [6.07, 6.45) is 1.99. The summed E-state index contributed by atoms with van der Waals surface area (Å²) >= 11 is 1.25. The van der Waals surface area contributed by atoms with Crippen LogP contribution >= 0.6 is 11.8 Å². The molecule has 8 heteroatoms. The van der Waals surface area contributed by atoms with E-state index in [0.717, 1.165) is 36.9 Å². The summed E-state index contributed by atoms with van der Waals surface area (Å²) in [7, 11) is 1.79. The summed E-state index contributed by atoms with van der Waals surface area (Å²) in [5.74, 6) is -1.15. The molecular weight excluding hydrogens is 394 g/mol. The normalized spacial score (nSPS) is 10.9. The van der Waals surface area contributed by atoms with E-state index in [1.807, 2.05) is 24.3 Å². The number of anilines is 2. The van der Waals surface area contributed by atoms with Gasteiger partial charge in [-0.15, -0.1) is 0 Å². The Balaban J connectivity index is 1.82. The standard InChI is InChI=1S/C21H22F2N4OS/c1-3-4-11-27(2)19(28)13-29-21-25-18-8-6-5-7-15(18)20(26-21)24-14-9-10-16(22)17(23)12-14/h5-10,12H,3-4,11,13H2,1-2H3,(H,24,25,26). The van der Waals surface area contributed by atoms with E-state index in [9.17, 15) is 13.6 Å². The van der Waals surface area contributed by atoms with E-state index in [2.05, 4.69) is 22.2 Å². The minimum Gasteiger partial charge on any atom is -0.345 e. The van der Waals surface area contributed by atoms with Crippen LogP contribution < -0.4 is 5.32 Å². The van der Waals surface area contributed by atoms with Crippen LogP contribution in [0.5, 0.6) is 0 Å². The zero-order valence-corrected chi connectivity index (χ0v) is 17.1. The molecule has 0 saturated heterocycles. The number of fused-ring (bicyclic) bond motifs is 1. The molecule has 0 saturated carbocycles. The van der Waals surface area contributed by atoms with E-state index in [1.54, 1.807) is 11.9 Å². The van der Waals surface area contributed by atoms with Crippen LogP contribution in [0.3, 0.4) is 0 Å². The number of hydrogen-bond donors (Lipinski definition) is 1. The van der Waals surface area contributed by atoms with E-state index < -0.39 is 11.6 Å². The monoisotopic (exact) mass is 416 g/mol. The first-order valence-electron chi connectivity index (χ1n) is 9.33. The van der Waals surface area contributed by atoms with Gasteiger partial charge in [-0.3, -0.25) is 4.79 Å². The maximum Gasteiger partial charge on any atom is 0.232 e. The van der Waals surface area contributed by atoms with Crippen LogP contribution in [-0.4, -0.2) is 40.1 Å². The summed E-state index contributed by atoms with van der Waals surface area (Å²) in [6.45, 7) is 2.80. The summed E-state index contributed by atoms with van der Waals surface area (Å²) in [5, 5.41) is 4.21. The summed E-state index contributed by atoms with van der Waals surface area (Å²) in [4.78, 5) is 23.0. The highest BCUT2D eigenvalue weighted by atomic mass is 32.2. The molecule has 3 aromatic rings. The van der Waals surface area contributed by atoms with Crippen molar-refractivity contribution in [1.82, 2.24) is 14.9 Å². The smallest absolute Gasteiger partial charge is 0.232 e. The highest BCUT2D eigenvalue weighted by molar-refractivity contribution is 7.99. The molecule has 0 radical (unpaired) electrons. The van der Waals surface area contributed by atoms with E-state index in [1.165, 1.54) is 17.8 Å². The number of rotatable bonds is 8. The Hall–Kier alpha value is -2.74. The van der Waals surface area contributed by atoms with Gasteiger partial charge in [0.25, 0.3) is 0 Å². The molecule has 1 heterocycles. The van der Waals surface area contributed by atoms with Gasteiger partial charge in [-0.25, -0.2) is 18.7 Å². The number of thioether (sulfide) groups is 1. The Morgan fingerprint density at radius 2 is 1.93 bits per heavy atom. The number of nitrogens with one attached hydrogen (secondary N) is 1. The molecule has 29 heavy (non-hydrogen) atoms. The average Bonchev–Trinajstić information content (AvgIpc) is 2.72. The van der Waals surface area contributed by atoms with Gasteiger partial charge >= 0.3 is 0 Å². The van der Waals surface area contributed by atoms with Crippen molar-refractivity contribution >= 4 is 40.1 Å². The molecule has 0 aliphatic rings. The van der Waals surface area contributed by atoms with Crippen molar-refractivity contribution < 1.29 is 13.6 Å². The maximum absolute atomic E-state index is 13.6. The molecule has 1 aromatic heterocycles. The molecule has 1 amide bonds.